The number of hydrogen-bond acceptors (Lipinski definition) is 7. The monoisotopic (exact) mass is 523 g/mol. The number of ether oxygens (including phenoxy) is 3. The zero-order valence-electron chi connectivity index (χ0n) is 23.4. The van der Waals surface area contributed by atoms with E-state index >= 15 is 0 Å². The molecule has 0 radical (unpaired) electrons. The largest absolute Gasteiger partial charge is 0.617 e. The molecule has 210 valence electrons. The number of carbonyl (C=O) groups is 2. The molecule has 0 saturated carbocycles. The summed E-state index contributed by atoms with van der Waals surface area (Å²) in [4.78, 5) is 20.8. The Morgan fingerprint density at radius 3 is 1.11 bits per heavy atom. The van der Waals surface area contributed by atoms with Crippen molar-refractivity contribution in [3.8, 4) is 6.07 Å². The van der Waals surface area contributed by atoms with Gasteiger partial charge in [-0.1, -0.05) is 25.0 Å². The normalized spacial score (nSPS) is 15.5. The van der Waals surface area contributed by atoms with Crippen LogP contribution in [-0.4, -0.2) is 88.0 Å². The van der Waals surface area contributed by atoms with Gasteiger partial charge in [-0.2, -0.15) is 5.26 Å². The fourth-order valence-corrected chi connectivity index (χ4v) is 1.88. The van der Waals surface area contributed by atoms with Gasteiger partial charge < -0.3 is 29.4 Å². The van der Waals surface area contributed by atoms with Crippen molar-refractivity contribution in [2.24, 2.45) is 11.7 Å². The highest BCUT2D eigenvalue weighted by Crippen LogP contribution is 2.02. The zero-order valence-corrected chi connectivity index (χ0v) is 24.2. The maximum absolute atomic E-state index is 9.92. The Balaban J connectivity index is -0.000000162. The molecule has 0 aromatic heterocycles. The van der Waals surface area contributed by atoms with Crippen LogP contribution in [0.4, 0.5) is 0 Å². The highest BCUT2D eigenvalue weighted by Gasteiger charge is 1.97. The minimum atomic E-state index is -0.611. The van der Waals surface area contributed by atoms with Crippen molar-refractivity contribution in [1.82, 2.24) is 4.90 Å². The Bertz CT molecular complexity index is 404. The van der Waals surface area contributed by atoms with E-state index in [1.54, 1.807) is 46.5 Å². The number of amides is 2. The van der Waals surface area contributed by atoms with Crippen molar-refractivity contribution in [2.75, 3.05) is 66.2 Å². The molecule has 3 saturated heterocycles. The van der Waals surface area contributed by atoms with E-state index in [-0.39, 0.29) is 11.8 Å². The van der Waals surface area contributed by atoms with Crippen LogP contribution >= 0.6 is 0 Å². The number of rotatable bonds is 2. The number of nitriles is 1. The van der Waals surface area contributed by atoms with Gasteiger partial charge in [-0.25, -0.2) is 0 Å². The lowest BCUT2D eigenvalue weighted by Crippen LogP contribution is -2.17. The van der Waals surface area contributed by atoms with E-state index in [0.717, 1.165) is 46.1 Å². The van der Waals surface area contributed by atoms with E-state index in [1.807, 2.05) is 0 Å². The first-order valence-electron chi connectivity index (χ1n) is 12.3. The maximum Gasteiger partial charge on any atom is 0.219 e. The van der Waals surface area contributed by atoms with Gasteiger partial charge in [0.2, 0.25) is 12.3 Å². The third-order valence-electron chi connectivity index (χ3n) is 3.76. The molecule has 35 heavy (non-hydrogen) atoms. The van der Waals surface area contributed by atoms with Crippen LogP contribution in [-0.2, 0) is 35.0 Å². The lowest BCUT2D eigenvalue weighted by Gasteiger charge is -2.08. The third kappa shape index (κ3) is 65.4. The van der Waals surface area contributed by atoms with Crippen molar-refractivity contribution in [2.45, 2.75) is 72.1 Å². The number of nitrogens with zero attached hydrogens (tertiary/aromatic N) is 2. The summed E-state index contributed by atoms with van der Waals surface area (Å²) in [5, 5.41) is 7.32. The molecule has 2 N–H and O–H groups in total. The van der Waals surface area contributed by atoms with Crippen LogP contribution in [0.5, 0.6) is 0 Å². The minimum Gasteiger partial charge on any atom is -0.617 e. The second kappa shape index (κ2) is 37.2. The lowest BCUT2D eigenvalue weighted by atomic mass is 10.2. The number of primary amides is 1. The summed E-state index contributed by atoms with van der Waals surface area (Å²) >= 11 is -0.611. The van der Waals surface area contributed by atoms with E-state index in [0.29, 0.717) is 0 Å². The summed E-state index contributed by atoms with van der Waals surface area (Å²) in [5.74, 6) is -0.250. The first kappa shape index (κ1) is 40.8. The number of nitrogens with two attached hydrogens (primary N) is 1. The Hall–Kier alpha value is -1.38. The van der Waals surface area contributed by atoms with Gasteiger partial charge >= 0.3 is 0 Å². The van der Waals surface area contributed by atoms with Crippen LogP contribution in [0.1, 0.15) is 72.1 Å². The highest BCUT2D eigenvalue weighted by atomic mass is 32.2. The molecule has 10 heteroatoms. The Labute approximate surface area is 218 Å². The molecule has 0 unspecified atom stereocenters. The van der Waals surface area contributed by atoms with Crippen molar-refractivity contribution in [1.29, 1.82) is 5.26 Å². The minimum absolute atomic E-state index is 0.00926. The van der Waals surface area contributed by atoms with E-state index < -0.39 is 11.2 Å². The average Bonchev–Trinajstić information content (AvgIpc) is 3.43. The first-order valence-corrected chi connectivity index (χ1v) is 14.2. The molecule has 0 aromatic carbocycles. The van der Waals surface area contributed by atoms with Crippen LogP contribution in [0.25, 0.3) is 0 Å². The van der Waals surface area contributed by atoms with Gasteiger partial charge in [0.05, 0.1) is 18.6 Å². The van der Waals surface area contributed by atoms with Gasteiger partial charge in [0.1, 0.15) is 0 Å². The predicted molar refractivity (Wildman–Crippen MR) is 144 cm³/mol. The van der Waals surface area contributed by atoms with Crippen molar-refractivity contribution < 1.29 is 28.4 Å². The van der Waals surface area contributed by atoms with E-state index in [4.69, 9.17) is 25.2 Å². The quantitative estimate of drug-likeness (QED) is 0.431. The second-order valence-corrected chi connectivity index (χ2v) is 9.74. The number of hydrogen-bond donors (Lipinski definition) is 1. The molecule has 0 atom stereocenters. The van der Waals surface area contributed by atoms with Gasteiger partial charge in [-0.05, 0) is 51.4 Å². The third-order valence-corrected chi connectivity index (χ3v) is 3.76. The summed E-state index contributed by atoms with van der Waals surface area (Å²) < 4.78 is 24.6. The molecule has 2 amide bonds. The Morgan fingerprint density at radius 1 is 0.886 bits per heavy atom. The maximum atomic E-state index is 9.92. The van der Waals surface area contributed by atoms with Gasteiger partial charge in [0, 0.05) is 66.6 Å². The molecule has 9 nitrogen and oxygen atoms in total. The Kier molecular flexibility index (Phi) is 43.3. The molecular formula is C25H53N3O6S. The van der Waals surface area contributed by atoms with Crippen LogP contribution in [0.3, 0.4) is 0 Å². The van der Waals surface area contributed by atoms with Crippen LogP contribution < -0.4 is 5.73 Å². The zero-order chi connectivity index (χ0) is 27.7. The molecule has 3 fully saturated rings. The summed E-state index contributed by atoms with van der Waals surface area (Å²) in [6.45, 7) is 11.0. The lowest BCUT2D eigenvalue weighted by molar-refractivity contribution is -0.120. The summed E-state index contributed by atoms with van der Waals surface area (Å²) in [7, 11) is 3.38. The fraction of sp³-hybridized carbons (Fsp3) is 0.880. The van der Waals surface area contributed by atoms with Crippen LogP contribution in [0.15, 0.2) is 0 Å². The molecule has 3 aliphatic rings. The van der Waals surface area contributed by atoms with Gasteiger partial charge in [0.25, 0.3) is 0 Å². The van der Waals surface area contributed by atoms with E-state index in [9.17, 15) is 14.1 Å². The average molecular weight is 524 g/mol. The molecule has 3 rings (SSSR count). The SMILES string of the molecule is C1CCOC1.C1CCOCC1.C1CCOCC1.CC#N.CC(C)C(N)=O.CN(C)C=O.C[S+](C)[O-]. The molecule has 0 spiro atoms. The van der Waals surface area contributed by atoms with E-state index in [1.165, 1.54) is 63.2 Å². The first-order chi connectivity index (χ1) is 16.6. The Morgan fingerprint density at radius 2 is 1.06 bits per heavy atom. The highest BCUT2D eigenvalue weighted by molar-refractivity contribution is 7.89. The number of carbonyl (C=O) groups excluding carboxylic acids is 2. The van der Waals surface area contributed by atoms with Gasteiger partial charge in [-0.15, -0.1) is 0 Å². The van der Waals surface area contributed by atoms with Gasteiger partial charge in [0.15, 0.2) is 0 Å². The molecule has 3 heterocycles. The molecule has 0 aliphatic carbocycles. The van der Waals surface area contributed by atoms with Gasteiger partial charge in [-0.3, -0.25) is 9.59 Å². The molecule has 0 bridgehead atoms. The van der Waals surface area contributed by atoms with Crippen molar-refractivity contribution in [3.63, 3.8) is 0 Å². The molecular weight excluding hydrogens is 470 g/mol. The molecule has 0 aromatic rings. The predicted octanol–water partition coefficient (Wildman–Crippen LogP) is 3.53. The van der Waals surface area contributed by atoms with Crippen LogP contribution in [0.2, 0.25) is 0 Å². The fourth-order valence-electron chi connectivity index (χ4n) is 1.88. The van der Waals surface area contributed by atoms with E-state index in [2.05, 4.69) is 0 Å². The summed E-state index contributed by atoms with van der Waals surface area (Å²) in [6, 6.07) is 1.75. The van der Waals surface area contributed by atoms with Crippen molar-refractivity contribution >= 4 is 23.5 Å². The molecule has 3 aliphatic heterocycles. The van der Waals surface area contributed by atoms with Crippen molar-refractivity contribution in [3.05, 3.63) is 0 Å². The summed E-state index contributed by atoms with van der Waals surface area (Å²) in [6.07, 6.45) is 14.4. The standard InChI is InChI=1S/2C5H10O.C4H9NO.C4H8O.C3H7NO.C2H3N.C2H6OS/c2*1-2-4-6-5-3-1;1-3(2)4(5)6;1-2-4-5-3-1;1-4(2)3-5;1-2-3;1-4(2)3/h2*1-5H2;3H,1-2H3,(H2,5,6);1-4H2;3H,1-2H3;1H3;1-2H3. The second-order valence-electron chi connectivity index (χ2n) is 8.26. The summed E-state index contributed by atoms with van der Waals surface area (Å²) in [5.41, 5.74) is 4.80. The smallest absolute Gasteiger partial charge is 0.219 e. The van der Waals surface area contributed by atoms with Crippen LogP contribution in [0, 0.1) is 17.2 Å². The topological polar surface area (TPSA) is 138 Å².